The van der Waals surface area contributed by atoms with E-state index in [9.17, 15) is 9.59 Å². The molecule has 4 heteroatoms. The molecule has 1 amide bonds. The highest BCUT2D eigenvalue weighted by Crippen LogP contribution is 2.49. The van der Waals surface area contributed by atoms with E-state index in [1.807, 2.05) is 48.4 Å². The number of hydrogen-bond acceptors (Lipinski definition) is 3. The van der Waals surface area contributed by atoms with Crippen LogP contribution in [0.3, 0.4) is 0 Å². The molecular formula is C23H25NO2S. The van der Waals surface area contributed by atoms with Crippen LogP contribution in [-0.4, -0.2) is 11.7 Å². The molecule has 0 fully saturated rings. The van der Waals surface area contributed by atoms with Crippen LogP contribution in [0.25, 0.3) is 0 Å². The number of rotatable bonds is 2. The number of carbonyl (C=O) groups is 2. The van der Waals surface area contributed by atoms with Gasteiger partial charge in [0.1, 0.15) is 0 Å². The van der Waals surface area contributed by atoms with E-state index in [0.29, 0.717) is 12.8 Å². The number of carbonyl (C=O) groups excluding carboxylic acids is 2. The number of para-hydroxylation sites is 1. The van der Waals surface area contributed by atoms with Gasteiger partial charge in [0, 0.05) is 34.9 Å². The first kappa shape index (κ1) is 18.2. The van der Waals surface area contributed by atoms with Crippen molar-refractivity contribution in [3.63, 3.8) is 0 Å². The molecule has 0 spiro atoms. The molecule has 0 bridgehead atoms. The number of hydrogen-bond donors (Lipinski definition) is 0. The average molecular weight is 380 g/mol. The van der Waals surface area contributed by atoms with Crippen LogP contribution in [0.2, 0.25) is 0 Å². The van der Waals surface area contributed by atoms with Gasteiger partial charge in [-0.1, -0.05) is 38.1 Å². The predicted octanol–water partition coefficient (Wildman–Crippen LogP) is 5.53. The second-order valence-electron chi connectivity index (χ2n) is 8.54. The summed E-state index contributed by atoms with van der Waals surface area (Å²) in [4.78, 5) is 29.6. The van der Waals surface area contributed by atoms with Gasteiger partial charge in [-0.25, -0.2) is 0 Å². The van der Waals surface area contributed by atoms with Crippen molar-refractivity contribution in [2.24, 2.45) is 5.41 Å². The van der Waals surface area contributed by atoms with Gasteiger partial charge in [0.05, 0.1) is 5.69 Å². The molecule has 2 aromatic rings. The largest absolute Gasteiger partial charge is 0.294 e. The minimum absolute atomic E-state index is 0.0926. The zero-order chi connectivity index (χ0) is 19.3. The van der Waals surface area contributed by atoms with Gasteiger partial charge in [-0.2, -0.15) is 0 Å². The standard InChI is InChI=1S/C23H25NO2S/c1-14-7-5-8-15(2)22(14)24-17-12-23(3,4)13-18(25)21(17)16(11-20(24)26)19-9-6-10-27-19/h5-10,16H,11-13H2,1-4H3. The van der Waals surface area contributed by atoms with Gasteiger partial charge >= 0.3 is 0 Å². The zero-order valence-electron chi connectivity index (χ0n) is 16.3. The molecule has 1 unspecified atom stereocenters. The Hall–Kier alpha value is -2.20. The van der Waals surface area contributed by atoms with E-state index >= 15 is 0 Å². The molecule has 0 saturated carbocycles. The van der Waals surface area contributed by atoms with Crippen LogP contribution in [0.4, 0.5) is 5.69 Å². The van der Waals surface area contributed by atoms with E-state index < -0.39 is 0 Å². The first-order valence-electron chi connectivity index (χ1n) is 9.47. The van der Waals surface area contributed by atoms with E-state index in [1.54, 1.807) is 11.3 Å². The third kappa shape index (κ3) is 3.06. The monoisotopic (exact) mass is 379 g/mol. The highest BCUT2D eigenvalue weighted by atomic mass is 32.1. The fourth-order valence-corrected chi connectivity index (χ4v) is 5.40. The van der Waals surface area contributed by atoms with Gasteiger partial charge in [-0.3, -0.25) is 14.5 Å². The van der Waals surface area contributed by atoms with E-state index in [4.69, 9.17) is 0 Å². The molecule has 1 atom stereocenters. The Bertz CT molecular complexity index is 933. The van der Waals surface area contributed by atoms with Crippen molar-refractivity contribution in [2.75, 3.05) is 4.90 Å². The molecule has 0 saturated heterocycles. The third-order valence-corrected chi connectivity index (χ3v) is 6.68. The highest BCUT2D eigenvalue weighted by Gasteiger charge is 2.45. The van der Waals surface area contributed by atoms with Gasteiger partial charge < -0.3 is 0 Å². The van der Waals surface area contributed by atoms with Gasteiger partial charge in [-0.15, -0.1) is 11.3 Å². The number of allylic oxidation sites excluding steroid dienone is 2. The lowest BCUT2D eigenvalue weighted by atomic mass is 9.70. The fourth-order valence-electron chi connectivity index (χ4n) is 4.57. The maximum Gasteiger partial charge on any atom is 0.232 e. The van der Waals surface area contributed by atoms with Crippen LogP contribution in [-0.2, 0) is 9.59 Å². The van der Waals surface area contributed by atoms with Crippen molar-refractivity contribution in [1.82, 2.24) is 0 Å². The van der Waals surface area contributed by atoms with Gasteiger partial charge in [0.15, 0.2) is 5.78 Å². The molecule has 1 aromatic carbocycles. The molecule has 1 aliphatic heterocycles. The number of Topliss-reactive ketones (excluding diaryl/α,β-unsaturated/α-hetero) is 1. The van der Waals surface area contributed by atoms with E-state index in [-0.39, 0.29) is 23.0 Å². The fraction of sp³-hybridized carbons (Fsp3) is 0.391. The number of thiophene rings is 1. The van der Waals surface area contributed by atoms with Crippen LogP contribution in [0.5, 0.6) is 0 Å². The number of benzene rings is 1. The van der Waals surface area contributed by atoms with Crippen LogP contribution < -0.4 is 4.90 Å². The molecule has 2 heterocycles. The Balaban J connectivity index is 1.95. The normalized spacial score (nSPS) is 22.2. The van der Waals surface area contributed by atoms with Crippen molar-refractivity contribution in [3.8, 4) is 0 Å². The van der Waals surface area contributed by atoms with E-state index in [1.165, 1.54) is 0 Å². The maximum atomic E-state index is 13.4. The van der Waals surface area contributed by atoms with E-state index in [0.717, 1.165) is 39.4 Å². The second-order valence-corrected chi connectivity index (χ2v) is 9.52. The molecular weight excluding hydrogens is 354 g/mol. The predicted molar refractivity (Wildman–Crippen MR) is 110 cm³/mol. The molecule has 2 aliphatic rings. The van der Waals surface area contributed by atoms with Crippen LogP contribution in [0.15, 0.2) is 47.0 Å². The lowest BCUT2D eigenvalue weighted by Crippen LogP contribution is -2.44. The van der Waals surface area contributed by atoms with Crippen molar-refractivity contribution >= 4 is 28.7 Å². The number of aryl methyl sites for hydroxylation is 2. The average Bonchev–Trinajstić information content (AvgIpc) is 3.09. The van der Waals surface area contributed by atoms with Crippen LogP contribution >= 0.6 is 11.3 Å². The minimum atomic E-state index is -0.137. The summed E-state index contributed by atoms with van der Waals surface area (Å²) >= 11 is 1.64. The molecule has 1 aromatic heterocycles. The Labute approximate surface area is 164 Å². The van der Waals surface area contributed by atoms with Crippen molar-refractivity contribution in [1.29, 1.82) is 0 Å². The molecule has 0 radical (unpaired) electrons. The zero-order valence-corrected chi connectivity index (χ0v) is 17.2. The Morgan fingerprint density at radius 3 is 2.37 bits per heavy atom. The first-order chi connectivity index (χ1) is 12.8. The molecule has 140 valence electrons. The lowest BCUT2D eigenvalue weighted by molar-refractivity contribution is -0.120. The molecule has 0 N–H and O–H groups in total. The quantitative estimate of drug-likeness (QED) is 0.688. The molecule has 1 aliphatic carbocycles. The number of anilines is 1. The maximum absolute atomic E-state index is 13.4. The van der Waals surface area contributed by atoms with Crippen molar-refractivity contribution in [3.05, 3.63) is 63.0 Å². The summed E-state index contributed by atoms with van der Waals surface area (Å²) in [7, 11) is 0. The lowest BCUT2D eigenvalue weighted by Gasteiger charge is -2.43. The first-order valence-corrected chi connectivity index (χ1v) is 10.4. The Kier molecular flexibility index (Phi) is 4.34. The summed E-state index contributed by atoms with van der Waals surface area (Å²) in [6, 6.07) is 10.1. The van der Waals surface area contributed by atoms with Crippen LogP contribution in [0.1, 0.15) is 55.0 Å². The summed E-state index contributed by atoms with van der Waals surface area (Å²) in [6.45, 7) is 8.32. The smallest absolute Gasteiger partial charge is 0.232 e. The topological polar surface area (TPSA) is 37.4 Å². The minimum Gasteiger partial charge on any atom is -0.294 e. The Morgan fingerprint density at radius 1 is 1.04 bits per heavy atom. The van der Waals surface area contributed by atoms with Gasteiger partial charge in [0.25, 0.3) is 0 Å². The summed E-state index contributed by atoms with van der Waals surface area (Å²) in [6.07, 6.45) is 1.65. The van der Waals surface area contributed by atoms with Crippen molar-refractivity contribution < 1.29 is 9.59 Å². The summed E-state index contributed by atoms with van der Waals surface area (Å²) in [5, 5.41) is 2.02. The number of nitrogens with zero attached hydrogens (tertiary/aromatic N) is 1. The van der Waals surface area contributed by atoms with Gasteiger partial charge in [-0.05, 0) is 48.3 Å². The van der Waals surface area contributed by atoms with Gasteiger partial charge in [0.2, 0.25) is 5.91 Å². The molecule has 4 rings (SSSR count). The Morgan fingerprint density at radius 2 is 1.74 bits per heavy atom. The molecule has 27 heavy (non-hydrogen) atoms. The SMILES string of the molecule is Cc1cccc(C)c1N1C(=O)CC(c2cccs2)C2=C1CC(C)(C)CC2=O. The summed E-state index contributed by atoms with van der Waals surface area (Å²) in [5.74, 6) is 0.190. The van der Waals surface area contributed by atoms with E-state index in [2.05, 4.69) is 19.9 Å². The van der Waals surface area contributed by atoms with Crippen molar-refractivity contribution in [2.45, 2.75) is 52.9 Å². The highest BCUT2D eigenvalue weighted by molar-refractivity contribution is 7.10. The third-order valence-electron chi connectivity index (χ3n) is 5.69. The summed E-state index contributed by atoms with van der Waals surface area (Å²) in [5.41, 5.74) is 4.73. The van der Waals surface area contributed by atoms with Crippen LogP contribution in [0, 0.1) is 19.3 Å². The number of amides is 1. The molecule has 3 nitrogen and oxygen atoms in total. The second kappa shape index (κ2) is 6.45. The number of ketones is 1. The summed E-state index contributed by atoms with van der Waals surface area (Å²) < 4.78 is 0.